The Balaban J connectivity index is 2.41. The third kappa shape index (κ3) is 6.53. The second-order valence-electron chi connectivity index (χ2n) is 6.37. The minimum Gasteiger partial charge on any atom is -0.330 e. The molecular formula is C21H21BrFN3O3. The zero-order chi connectivity index (χ0) is 21.6. The van der Waals surface area contributed by atoms with E-state index < -0.39 is 11.7 Å². The third-order valence-corrected chi connectivity index (χ3v) is 4.32. The summed E-state index contributed by atoms with van der Waals surface area (Å²) in [5, 5.41) is 5.21. The molecule has 0 aliphatic carbocycles. The Morgan fingerprint density at radius 3 is 2.17 bits per heavy atom. The van der Waals surface area contributed by atoms with Crippen LogP contribution in [0.4, 0.5) is 15.8 Å². The largest absolute Gasteiger partial charge is 0.330 e. The summed E-state index contributed by atoms with van der Waals surface area (Å²) >= 11 is 3.30. The van der Waals surface area contributed by atoms with E-state index in [1.54, 1.807) is 24.3 Å². The number of hydrogen-bond acceptors (Lipinski definition) is 3. The molecule has 0 saturated carbocycles. The van der Waals surface area contributed by atoms with Gasteiger partial charge in [-0.1, -0.05) is 22.0 Å². The number of benzene rings is 2. The fraction of sp³-hybridized carbons (Fsp3) is 0.190. The number of carbonyl (C=O) groups is 3. The van der Waals surface area contributed by atoms with Crippen molar-refractivity contribution in [3.05, 3.63) is 70.5 Å². The van der Waals surface area contributed by atoms with Gasteiger partial charge in [0.2, 0.25) is 11.8 Å². The molecule has 0 radical (unpaired) electrons. The predicted molar refractivity (Wildman–Crippen MR) is 114 cm³/mol. The van der Waals surface area contributed by atoms with Crippen molar-refractivity contribution in [2.45, 2.75) is 20.4 Å². The van der Waals surface area contributed by atoms with Gasteiger partial charge in [0.15, 0.2) is 0 Å². The number of carbonyl (C=O) groups excluding carboxylic acids is 3. The van der Waals surface area contributed by atoms with Crippen molar-refractivity contribution in [2.75, 3.05) is 17.2 Å². The number of nitrogens with one attached hydrogen (secondary N) is 2. The Morgan fingerprint density at radius 2 is 1.66 bits per heavy atom. The van der Waals surface area contributed by atoms with Crippen LogP contribution in [0.2, 0.25) is 0 Å². The van der Waals surface area contributed by atoms with Gasteiger partial charge in [-0.15, -0.1) is 6.58 Å². The molecule has 0 saturated heterocycles. The van der Waals surface area contributed by atoms with Crippen molar-refractivity contribution < 1.29 is 18.8 Å². The molecule has 0 atom stereocenters. The van der Waals surface area contributed by atoms with Crippen LogP contribution >= 0.6 is 15.9 Å². The monoisotopic (exact) mass is 461 g/mol. The molecule has 0 aromatic heterocycles. The van der Waals surface area contributed by atoms with Crippen LogP contribution in [0, 0.1) is 5.82 Å². The van der Waals surface area contributed by atoms with Gasteiger partial charge < -0.3 is 15.5 Å². The Hall–Kier alpha value is -3.00. The van der Waals surface area contributed by atoms with Crippen LogP contribution in [-0.2, 0) is 16.1 Å². The molecule has 0 spiro atoms. The van der Waals surface area contributed by atoms with Gasteiger partial charge in [0.25, 0.3) is 5.91 Å². The number of hydrogen-bond donors (Lipinski definition) is 2. The van der Waals surface area contributed by atoms with Gasteiger partial charge in [-0.05, 0) is 36.4 Å². The second-order valence-corrected chi connectivity index (χ2v) is 7.29. The summed E-state index contributed by atoms with van der Waals surface area (Å²) in [6, 6.07) is 9.06. The smallest absolute Gasteiger partial charge is 0.254 e. The molecule has 2 aromatic carbocycles. The average Bonchev–Trinajstić information content (AvgIpc) is 2.62. The van der Waals surface area contributed by atoms with E-state index in [-0.39, 0.29) is 30.5 Å². The predicted octanol–water partition coefficient (Wildman–Crippen LogP) is 4.33. The maximum Gasteiger partial charge on any atom is 0.254 e. The molecule has 0 heterocycles. The van der Waals surface area contributed by atoms with E-state index >= 15 is 0 Å². The van der Waals surface area contributed by atoms with Gasteiger partial charge in [-0.2, -0.15) is 0 Å². The normalized spacial score (nSPS) is 10.2. The first-order valence-electron chi connectivity index (χ1n) is 8.74. The van der Waals surface area contributed by atoms with Gasteiger partial charge in [0.05, 0.1) is 0 Å². The highest BCUT2D eigenvalue weighted by Gasteiger charge is 2.19. The topological polar surface area (TPSA) is 78.5 Å². The Bertz CT molecular complexity index is 928. The third-order valence-electron chi connectivity index (χ3n) is 3.83. The van der Waals surface area contributed by atoms with E-state index in [1.165, 1.54) is 36.9 Å². The lowest BCUT2D eigenvalue weighted by Gasteiger charge is -2.22. The van der Waals surface area contributed by atoms with E-state index in [0.717, 1.165) is 0 Å². The van der Waals surface area contributed by atoms with Crippen LogP contribution in [0.1, 0.15) is 29.8 Å². The van der Waals surface area contributed by atoms with E-state index in [4.69, 9.17) is 0 Å². The highest BCUT2D eigenvalue weighted by atomic mass is 79.9. The standard InChI is InChI=1S/C21H21BrFN3O3/c1-4-7-26(12-16-8-17(22)5-6-20(16)23)21(29)15-9-18(24-13(2)27)11-19(10-15)25-14(3)28/h4-6,8-11H,1,7,12H2,2-3H3,(H,24,27)(H,25,28). The van der Waals surface area contributed by atoms with Gasteiger partial charge in [0, 0.05) is 53.9 Å². The summed E-state index contributed by atoms with van der Waals surface area (Å²) in [4.78, 5) is 37.4. The highest BCUT2D eigenvalue weighted by molar-refractivity contribution is 9.10. The molecule has 2 rings (SSSR count). The lowest BCUT2D eigenvalue weighted by Crippen LogP contribution is -2.31. The molecule has 8 heteroatoms. The number of anilines is 2. The van der Waals surface area contributed by atoms with E-state index in [9.17, 15) is 18.8 Å². The van der Waals surface area contributed by atoms with E-state index in [1.807, 2.05) is 0 Å². The molecule has 0 fully saturated rings. The Kier molecular flexibility index (Phi) is 7.67. The zero-order valence-corrected chi connectivity index (χ0v) is 17.7. The van der Waals surface area contributed by atoms with E-state index in [2.05, 4.69) is 33.1 Å². The molecule has 0 unspecified atom stereocenters. The molecule has 2 N–H and O–H groups in total. The van der Waals surface area contributed by atoms with Crippen molar-refractivity contribution in [3.8, 4) is 0 Å². The molecule has 152 valence electrons. The van der Waals surface area contributed by atoms with Crippen molar-refractivity contribution in [3.63, 3.8) is 0 Å². The van der Waals surface area contributed by atoms with Crippen LogP contribution in [0.3, 0.4) is 0 Å². The molecule has 2 aromatic rings. The van der Waals surface area contributed by atoms with Crippen molar-refractivity contribution in [2.24, 2.45) is 0 Å². The van der Waals surface area contributed by atoms with Crippen LogP contribution in [-0.4, -0.2) is 29.2 Å². The zero-order valence-electron chi connectivity index (χ0n) is 16.1. The first-order chi connectivity index (χ1) is 13.7. The van der Waals surface area contributed by atoms with Crippen molar-refractivity contribution in [1.82, 2.24) is 4.90 Å². The quantitative estimate of drug-likeness (QED) is 0.602. The van der Waals surface area contributed by atoms with Gasteiger partial charge in [-0.3, -0.25) is 14.4 Å². The molecule has 0 bridgehead atoms. The molecule has 6 nitrogen and oxygen atoms in total. The molecule has 0 aliphatic rings. The summed E-state index contributed by atoms with van der Waals surface area (Å²) in [7, 11) is 0. The first-order valence-corrected chi connectivity index (χ1v) is 9.53. The minimum absolute atomic E-state index is 0.0238. The lowest BCUT2D eigenvalue weighted by atomic mass is 10.1. The number of halogens is 2. The Labute approximate surface area is 176 Å². The van der Waals surface area contributed by atoms with Gasteiger partial charge in [0.1, 0.15) is 5.82 Å². The fourth-order valence-corrected chi connectivity index (χ4v) is 3.14. The molecule has 29 heavy (non-hydrogen) atoms. The number of amides is 3. The van der Waals surface area contributed by atoms with E-state index in [0.29, 0.717) is 21.4 Å². The fourth-order valence-electron chi connectivity index (χ4n) is 2.73. The van der Waals surface area contributed by atoms with Crippen molar-refractivity contribution >= 4 is 45.0 Å². The van der Waals surface area contributed by atoms with Gasteiger partial charge in [-0.25, -0.2) is 4.39 Å². The lowest BCUT2D eigenvalue weighted by molar-refractivity contribution is -0.115. The Morgan fingerprint density at radius 1 is 1.07 bits per heavy atom. The summed E-state index contributed by atoms with van der Waals surface area (Å²) in [5.41, 5.74) is 1.30. The minimum atomic E-state index is -0.430. The maximum atomic E-state index is 14.2. The summed E-state index contributed by atoms with van der Waals surface area (Å²) < 4.78 is 14.9. The van der Waals surface area contributed by atoms with Crippen LogP contribution < -0.4 is 10.6 Å². The summed E-state index contributed by atoms with van der Waals surface area (Å²) in [6.07, 6.45) is 1.54. The SMILES string of the molecule is C=CCN(Cc1cc(Br)ccc1F)C(=O)c1cc(NC(C)=O)cc(NC(C)=O)c1. The molecule has 0 aliphatic heterocycles. The van der Waals surface area contributed by atoms with Gasteiger partial charge >= 0.3 is 0 Å². The first kappa shape index (κ1) is 22.3. The number of nitrogens with zero attached hydrogens (tertiary/aromatic N) is 1. The summed E-state index contributed by atoms with van der Waals surface area (Å²) in [6.45, 7) is 6.55. The average molecular weight is 462 g/mol. The van der Waals surface area contributed by atoms with Crippen LogP contribution in [0.15, 0.2) is 53.5 Å². The summed E-state index contributed by atoms with van der Waals surface area (Å²) in [5.74, 6) is -1.46. The maximum absolute atomic E-state index is 14.2. The highest BCUT2D eigenvalue weighted by Crippen LogP contribution is 2.23. The molecule has 3 amide bonds. The van der Waals surface area contributed by atoms with Crippen LogP contribution in [0.25, 0.3) is 0 Å². The van der Waals surface area contributed by atoms with Crippen LogP contribution in [0.5, 0.6) is 0 Å². The number of rotatable bonds is 7. The second kappa shape index (κ2) is 9.97. The van der Waals surface area contributed by atoms with Crippen molar-refractivity contribution in [1.29, 1.82) is 0 Å². The molecular weight excluding hydrogens is 441 g/mol.